The van der Waals surface area contributed by atoms with Crippen LogP contribution < -0.4 is 25.1 Å². The van der Waals surface area contributed by atoms with Crippen LogP contribution in [-0.4, -0.2) is 45.3 Å². The fourth-order valence-electron chi connectivity index (χ4n) is 2.91. The van der Waals surface area contributed by atoms with Crippen molar-refractivity contribution in [2.24, 2.45) is 5.10 Å². The third-order valence-corrected chi connectivity index (χ3v) is 4.78. The Morgan fingerprint density at radius 1 is 0.882 bits per heavy atom. The number of rotatable bonds is 10. The van der Waals surface area contributed by atoms with Crippen LogP contribution in [0.1, 0.15) is 11.1 Å². The maximum Gasteiger partial charge on any atom is 0.277 e. The molecule has 0 saturated heterocycles. The summed E-state index contributed by atoms with van der Waals surface area (Å²) < 4.78 is 11.0. The Bertz CT molecular complexity index is 1140. The quantitative estimate of drug-likeness (QED) is 0.356. The van der Waals surface area contributed by atoms with E-state index in [4.69, 9.17) is 9.47 Å². The maximum atomic E-state index is 12.1. The summed E-state index contributed by atoms with van der Waals surface area (Å²) in [4.78, 5) is 26.0. The molecule has 0 aliphatic carbocycles. The molecule has 0 atom stereocenters. The smallest absolute Gasteiger partial charge is 0.277 e. The Kier molecular flexibility index (Phi) is 8.62. The van der Waals surface area contributed by atoms with Gasteiger partial charge in [0.15, 0.2) is 13.2 Å². The first-order valence-corrected chi connectivity index (χ1v) is 10.7. The fourth-order valence-corrected chi connectivity index (χ4v) is 2.91. The standard InChI is InChI=1S/C26H28N4O4/c1-19-7-4-5-10-24(19)28-25(31)17-33-22-13-11-20(12-14-22)16-27-29-26(32)18-34-23-9-6-8-21(15-23)30(2)3/h4-16H,17-18H2,1-3H3,(H,28,31)(H,29,32)/b27-16+. The minimum Gasteiger partial charge on any atom is -0.484 e. The monoisotopic (exact) mass is 460 g/mol. The third kappa shape index (κ3) is 7.67. The molecule has 0 aliphatic rings. The number of ether oxygens (including phenoxy) is 2. The van der Waals surface area contributed by atoms with Crippen LogP contribution in [0.25, 0.3) is 0 Å². The van der Waals surface area contributed by atoms with Gasteiger partial charge < -0.3 is 19.7 Å². The van der Waals surface area contributed by atoms with Crippen molar-refractivity contribution >= 4 is 29.4 Å². The zero-order chi connectivity index (χ0) is 24.3. The van der Waals surface area contributed by atoms with Gasteiger partial charge in [0.2, 0.25) is 0 Å². The Morgan fingerprint density at radius 2 is 1.59 bits per heavy atom. The molecule has 0 bridgehead atoms. The molecule has 3 rings (SSSR count). The Hall–Kier alpha value is -4.33. The van der Waals surface area contributed by atoms with Gasteiger partial charge in [0.1, 0.15) is 11.5 Å². The van der Waals surface area contributed by atoms with Gasteiger partial charge in [-0.2, -0.15) is 5.10 Å². The number of aryl methyl sites for hydroxylation is 1. The molecule has 34 heavy (non-hydrogen) atoms. The summed E-state index contributed by atoms with van der Waals surface area (Å²) in [5, 5.41) is 6.76. The summed E-state index contributed by atoms with van der Waals surface area (Å²) >= 11 is 0. The number of amides is 2. The molecule has 2 amide bonds. The number of carbonyl (C=O) groups is 2. The van der Waals surface area contributed by atoms with Crippen LogP contribution in [0.3, 0.4) is 0 Å². The molecule has 0 fully saturated rings. The molecule has 2 N–H and O–H groups in total. The molecule has 176 valence electrons. The molecular formula is C26H28N4O4. The van der Waals surface area contributed by atoms with Gasteiger partial charge in [0, 0.05) is 31.5 Å². The van der Waals surface area contributed by atoms with Crippen LogP contribution in [0.5, 0.6) is 11.5 Å². The molecular weight excluding hydrogens is 432 g/mol. The van der Waals surface area contributed by atoms with Gasteiger partial charge in [-0.05, 0) is 60.5 Å². The molecule has 0 saturated carbocycles. The molecule has 8 heteroatoms. The number of carbonyl (C=O) groups excluding carboxylic acids is 2. The highest BCUT2D eigenvalue weighted by Gasteiger charge is 2.06. The van der Waals surface area contributed by atoms with E-state index in [2.05, 4.69) is 15.8 Å². The van der Waals surface area contributed by atoms with Gasteiger partial charge in [-0.15, -0.1) is 0 Å². The third-order valence-electron chi connectivity index (χ3n) is 4.78. The van der Waals surface area contributed by atoms with Gasteiger partial charge in [-0.1, -0.05) is 24.3 Å². The van der Waals surface area contributed by atoms with E-state index in [1.54, 1.807) is 30.3 Å². The van der Waals surface area contributed by atoms with E-state index in [0.29, 0.717) is 11.5 Å². The minimum atomic E-state index is -0.369. The Morgan fingerprint density at radius 3 is 2.32 bits per heavy atom. The zero-order valence-corrected chi connectivity index (χ0v) is 19.4. The van der Waals surface area contributed by atoms with E-state index >= 15 is 0 Å². The summed E-state index contributed by atoms with van der Waals surface area (Å²) in [7, 11) is 3.87. The molecule has 0 heterocycles. The summed E-state index contributed by atoms with van der Waals surface area (Å²) in [5.41, 5.74) is 5.92. The number of hydrazone groups is 1. The lowest BCUT2D eigenvalue weighted by Crippen LogP contribution is -2.24. The number of hydrogen-bond acceptors (Lipinski definition) is 6. The first kappa shape index (κ1) is 24.3. The first-order chi connectivity index (χ1) is 16.4. The second-order valence-electron chi connectivity index (χ2n) is 7.69. The van der Waals surface area contributed by atoms with Gasteiger partial charge in [0.25, 0.3) is 11.8 Å². The van der Waals surface area contributed by atoms with Crippen LogP contribution in [-0.2, 0) is 9.59 Å². The summed E-state index contributed by atoms with van der Waals surface area (Å²) in [5.74, 6) is 0.549. The van der Waals surface area contributed by atoms with E-state index < -0.39 is 0 Å². The van der Waals surface area contributed by atoms with Crippen LogP contribution in [0.15, 0.2) is 77.9 Å². The van der Waals surface area contributed by atoms with Crippen molar-refractivity contribution in [2.45, 2.75) is 6.92 Å². The average molecular weight is 461 g/mol. The molecule has 0 unspecified atom stereocenters. The number of para-hydroxylation sites is 1. The van der Waals surface area contributed by atoms with Crippen LogP contribution in [0.2, 0.25) is 0 Å². The fraction of sp³-hybridized carbons (Fsp3) is 0.192. The lowest BCUT2D eigenvalue weighted by atomic mass is 10.2. The van der Waals surface area contributed by atoms with Gasteiger partial charge >= 0.3 is 0 Å². The summed E-state index contributed by atoms with van der Waals surface area (Å²) in [6, 6.07) is 22.0. The van der Waals surface area contributed by atoms with E-state index in [9.17, 15) is 9.59 Å². The normalized spacial score (nSPS) is 10.6. The first-order valence-electron chi connectivity index (χ1n) is 10.7. The highest BCUT2D eigenvalue weighted by molar-refractivity contribution is 5.92. The number of nitrogens with zero attached hydrogens (tertiary/aromatic N) is 2. The van der Waals surface area contributed by atoms with Crippen molar-refractivity contribution in [3.8, 4) is 11.5 Å². The van der Waals surface area contributed by atoms with Crippen LogP contribution in [0.4, 0.5) is 11.4 Å². The Balaban J connectivity index is 1.40. The lowest BCUT2D eigenvalue weighted by molar-refractivity contribution is -0.123. The van der Waals surface area contributed by atoms with E-state index in [-0.39, 0.29) is 25.0 Å². The molecule has 8 nitrogen and oxygen atoms in total. The largest absolute Gasteiger partial charge is 0.484 e. The molecule has 0 spiro atoms. The number of nitrogens with one attached hydrogen (secondary N) is 2. The highest BCUT2D eigenvalue weighted by Crippen LogP contribution is 2.19. The number of anilines is 2. The average Bonchev–Trinajstić information content (AvgIpc) is 2.84. The second-order valence-corrected chi connectivity index (χ2v) is 7.69. The predicted molar refractivity (Wildman–Crippen MR) is 134 cm³/mol. The Labute approximate surface area is 199 Å². The summed E-state index contributed by atoms with van der Waals surface area (Å²) in [6.45, 7) is 1.68. The van der Waals surface area contributed by atoms with Crippen molar-refractivity contribution in [2.75, 3.05) is 37.5 Å². The van der Waals surface area contributed by atoms with Crippen LogP contribution >= 0.6 is 0 Å². The topological polar surface area (TPSA) is 92.3 Å². The van der Waals surface area contributed by atoms with Gasteiger partial charge in [-0.25, -0.2) is 5.43 Å². The van der Waals surface area contributed by atoms with Crippen molar-refractivity contribution in [1.29, 1.82) is 0 Å². The van der Waals surface area contributed by atoms with Crippen molar-refractivity contribution in [3.63, 3.8) is 0 Å². The molecule has 0 aliphatic heterocycles. The van der Waals surface area contributed by atoms with Gasteiger partial charge in [-0.3, -0.25) is 9.59 Å². The van der Waals surface area contributed by atoms with E-state index in [1.165, 1.54) is 6.21 Å². The highest BCUT2D eigenvalue weighted by atomic mass is 16.5. The number of hydrogen-bond donors (Lipinski definition) is 2. The van der Waals surface area contributed by atoms with Gasteiger partial charge in [0.05, 0.1) is 6.21 Å². The maximum absolute atomic E-state index is 12.1. The van der Waals surface area contributed by atoms with Crippen molar-refractivity contribution in [1.82, 2.24) is 5.43 Å². The van der Waals surface area contributed by atoms with Crippen LogP contribution in [0, 0.1) is 6.92 Å². The molecule has 3 aromatic carbocycles. The lowest BCUT2D eigenvalue weighted by Gasteiger charge is -2.13. The SMILES string of the molecule is Cc1ccccc1NC(=O)COc1ccc(/C=N/NC(=O)COc2cccc(N(C)C)c2)cc1. The van der Waals surface area contributed by atoms with Crippen molar-refractivity contribution in [3.05, 3.63) is 83.9 Å². The molecule has 0 aromatic heterocycles. The predicted octanol–water partition coefficient (Wildman–Crippen LogP) is 3.61. The second kappa shape index (κ2) is 12.1. The molecule has 3 aromatic rings. The van der Waals surface area contributed by atoms with E-state index in [1.807, 2.05) is 68.4 Å². The van der Waals surface area contributed by atoms with E-state index in [0.717, 1.165) is 22.5 Å². The minimum absolute atomic E-state index is 0.102. The number of benzene rings is 3. The zero-order valence-electron chi connectivity index (χ0n) is 19.4. The van der Waals surface area contributed by atoms with Crippen molar-refractivity contribution < 1.29 is 19.1 Å². The molecule has 0 radical (unpaired) electrons. The summed E-state index contributed by atoms with van der Waals surface area (Å²) in [6.07, 6.45) is 1.51.